The molecule has 2 aromatic carbocycles. The molecule has 0 amide bonds. The number of nitrogens with zero attached hydrogens (tertiary/aromatic N) is 4. The molecule has 9 nitrogen and oxygen atoms in total. The monoisotopic (exact) mass is 494 g/mol. The predicted octanol–water partition coefficient (Wildman–Crippen LogP) is 3.03. The van der Waals surface area contributed by atoms with E-state index >= 15 is 0 Å². The SMILES string of the molecule is Cc1ccc(C)c(S(=O)(=O)C2(C(=O)OCc3nnc4n(C)c(=O)c5ccccc5n34)CCCC2)c1. The van der Waals surface area contributed by atoms with Gasteiger partial charge in [-0.25, -0.2) is 8.42 Å². The first kappa shape index (κ1) is 23.2. The maximum absolute atomic E-state index is 13.8. The van der Waals surface area contributed by atoms with Crippen molar-refractivity contribution in [3.05, 3.63) is 69.8 Å². The predicted molar refractivity (Wildman–Crippen MR) is 130 cm³/mol. The molecule has 0 unspecified atom stereocenters. The molecule has 0 saturated heterocycles. The lowest BCUT2D eigenvalue weighted by atomic mass is 10.1. The molecule has 182 valence electrons. The van der Waals surface area contributed by atoms with Crippen LogP contribution < -0.4 is 5.56 Å². The second-order valence-corrected chi connectivity index (χ2v) is 11.4. The van der Waals surface area contributed by atoms with E-state index in [0.717, 1.165) is 5.56 Å². The van der Waals surface area contributed by atoms with Crippen LogP contribution in [0.1, 0.15) is 42.6 Å². The van der Waals surface area contributed by atoms with Crippen molar-refractivity contribution in [3.63, 3.8) is 0 Å². The molecule has 0 aliphatic heterocycles. The summed E-state index contributed by atoms with van der Waals surface area (Å²) in [5.74, 6) is -0.169. The molecule has 1 saturated carbocycles. The van der Waals surface area contributed by atoms with Gasteiger partial charge in [-0.15, -0.1) is 10.2 Å². The third-order valence-electron chi connectivity index (χ3n) is 6.96. The summed E-state index contributed by atoms with van der Waals surface area (Å²) in [6.07, 6.45) is 1.67. The summed E-state index contributed by atoms with van der Waals surface area (Å²) < 4.78 is 34.7. The number of benzene rings is 2. The highest BCUT2D eigenvalue weighted by atomic mass is 32.2. The number of fused-ring (bicyclic) bond motifs is 3. The van der Waals surface area contributed by atoms with Crippen molar-refractivity contribution in [2.24, 2.45) is 7.05 Å². The van der Waals surface area contributed by atoms with Crippen LogP contribution in [0.3, 0.4) is 0 Å². The molecule has 0 N–H and O–H groups in total. The molecule has 0 spiro atoms. The fourth-order valence-corrected chi connectivity index (χ4v) is 7.34. The average molecular weight is 495 g/mol. The highest BCUT2D eigenvalue weighted by Crippen LogP contribution is 2.42. The first-order valence-corrected chi connectivity index (χ1v) is 13.0. The number of aromatic nitrogens is 4. The Morgan fingerprint density at radius 2 is 1.80 bits per heavy atom. The molecule has 1 fully saturated rings. The Balaban J connectivity index is 1.53. The van der Waals surface area contributed by atoms with E-state index < -0.39 is 20.6 Å². The Bertz CT molecular complexity index is 1650. The Morgan fingerprint density at radius 1 is 1.09 bits per heavy atom. The van der Waals surface area contributed by atoms with E-state index in [1.807, 2.05) is 13.0 Å². The standard InChI is InChI=1S/C25H26N4O5S/c1-16-10-11-17(2)20(14-16)35(32,33)25(12-6-7-13-25)23(31)34-15-21-26-27-24-28(3)22(30)18-8-4-5-9-19(18)29(21)24/h4-5,8-11,14H,6-7,12-13,15H2,1-3H3. The summed E-state index contributed by atoms with van der Waals surface area (Å²) in [5, 5.41) is 8.72. The molecule has 1 aliphatic carbocycles. The van der Waals surface area contributed by atoms with Crippen LogP contribution in [0, 0.1) is 13.8 Å². The van der Waals surface area contributed by atoms with Crippen molar-refractivity contribution >= 4 is 32.5 Å². The van der Waals surface area contributed by atoms with Gasteiger partial charge >= 0.3 is 5.97 Å². The van der Waals surface area contributed by atoms with Crippen LogP contribution in [0.4, 0.5) is 0 Å². The van der Waals surface area contributed by atoms with Gasteiger partial charge in [0.15, 0.2) is 27.0 Å². The molecule has 0 atom stereocenters. The second-order valence-electron chi connectivity index (χ2n) is 9.18. The van der Waals surface area contributed by atoms with Crippen LogP contribution in [-0.2, 0) is 33.0 Å². The van der Waals surface area contributed by atoms with Crippen molar-refractivity contribution in [2.45, 2.75) is 55.8 Å². The fraction of sp³-hybridized carbons (Fsp3) is 0.360. The molecule has 4 aromatic rings. The number of carbonyl (C=O) groups is 1. The minimum atomic E-state index is -4.00. The Kier molecular flexibility index (Phi) is 5.51. The number of para-hydroxylation sites is 1. The van der Waals surface area contributed by atoms with Crippen LogP contribution in [0.2, 0.25) is 0 Å². The van der Waals surface area contributed by atoms with Crippen LogP contribution in [-0.4, -0.2) is 38.3 Å². The first-order chi connectivity index (χ1) is 16.7. The summed E-state index contributed by atoms with van der Waals surface area (Å²) in [6, 6.07) is 12.3. The molecule has 10 heteroatoms. The number of esters is 1. The van der Waals surface area contributed by atoms with E-state index in [2.05, 4.69) is 10.2 Å². The summed E-state index contributed by atoms with van der Waals surface area (Å²) in [6.45, 7) is 3.29. The molecule has 0 radical (unpaired) electrons. The van der Waals surface area contributed by atoms with Crippen LogP contribution in [0.25, 0.3) is 16.7 Å². The number of carbonyl (C=O) groups excluding carboxylic acids is 1. The highest BCUT2D eigenvalue weighted by Gasteiger charge is 2.54. The molecule has 2 heterocycles. The van der Waals surface area contributed by atoms with Gasteiger partial charge in [0, 0.05) is 7.05 Å². The summed E-state index contributed by atoms with van der Waals surface area (Å²) in [5.41, 5.74) is 1.78. The molecule has 0 bridgehead atoms. The first-order valence-electron chi connectivity index (χ1n) is 11.5. The van der Waals surface area contributed by atoms with E-state index in [1.54, 1.807) is 54.8 Å². The van der Waals surface area contributed by atoms with Gasteiger partial charge < -0.3 is 4.74 Å². The maximum Gasteiger partial charge on any atom is 0.328 e. The normalized spacial score (nSPS) is 15.6. The minimum Gasteiger partial charge on any atom is -0.456 e. The summed E-state index contributed by atoms with van der Waals surface area (Å²) in [7, 11) is -2.40. The lowest BCUT2D eigenvalue weighted by molar-refractivity contribution is -0.148. The minimum absolute atomic E-state index is 0.172. The summed E-state index contributed by atoms with van der Waals surface area (Å²) >= 11 is 0. The van der Waals surface area contributed by atoms with Gasteiger partial charge in [0.2, 0.25) is 5.78 Å². The fourth-order valence-electron chi connectivity index (χ4n) is 4.98. The third kappa shape index (κ3) is 3.46. The van der Waals surface area contributed by atoms with Gasteiger partial charge in [-0.1, -0.05) is 37.1 Å². The number of sulfone groups is 1. The lowest BCUT2D eigenvalue weighted by Crippen LogP contribution is -2.45. The largest absolute Gasteiger partial charge is 0.456 e. The second kappa shape index (κ2) is 8.30. The molecule has 1 aliphatic rings. The van der Waals surface area contributed by atoms with Gasteiger partial charge in [0.25, 0.3) is 5.56 Å². The number of hydrogen-bond acceptors (Lipinski definition) is 7. The molecular formula is C25H26N4O5S. The third-order valence-corrected chi connectivity index (χ3v) is 9.58. The average Bonchev–Trinajstić information content (AvgIpc) is 3.51. The van der Waals surface area contributed by atoms with E-state index in [0.29, 0.717) is 40.9 Å². The Morgan fingerprint density at radius 3 is 2.54 bits per heavy atom. The smallest absolute Gasteiger partial charge is 0.328 e. The van der Waals surface area contributed by atoms with Gasteiger partial charge in [-0.3, -0.25) is 18.6 Å². The number of hydrogen-bond donors (Lipinski definition) is 0. The molecule has 35 heavy (non-hydrogen) atoms. The van der Waals surface area contributed by atoms with E-state index in [4.69, 9.17) is 4.74 Å². The van der Waals surface area contributed by atoms with E-state index in [-0.39, 0.29) is 29.9 Å². The molecule has 5 rings (SSSR count). The van der Waals surface area contributed by atoms with Crippen molar-refractivity contribution in [3.8, 4) is 0 Å². The van der Waals surface area contributed by atoms with Crippen molar-refractivity contribution < 1.29 is 17.9 Å². The van der Waals surface area contributed by atoms with Crippen LogP contribution in [0.15, 0.2) is 52.2 Å². The van der Waals surface area contributed by atoms with Gasteiger partial charge in [0.05, 0.1) is 15.8 Å². The number of rotatable bonds is 5. The van der Waals surface area contributed by atoms with E-state index in [1.165, 1.54) is 4.57 Å². The van der Waals surface area contributed by atoms with E-state index in [9.17, 15) is 18.0 Å². The maximum atomic E-state index is 13.8. The Labute approximate surface area is 202 Å². The van der Waals surface area contributed by atoms with Crippen LogP contribution in [0.5, 0.6) is 0 Å². The van der Waals surface area contributed by atoms with Crippen molar-refractivity contribution in [2.75, 3.05) is 0 Å². The zero-order valence-corrected chi connectivity index (χ0v) is 20.6. The van der Waals surface area contributed by atoms with Gasteiger partial charge in [-0.2, -0.15) is 0 Å². The van der Waals surface area contributed by atoms with Gasteiger partial charge in [0.1, 0.15) is 0 Å². The quantitative estimate of drug-likeness (QED) is 0.392. The zero-order valence-electron chi connectivity index (χ0n) is 19.8. The summed E-state index contributed by atoms with van der Waals surface area (Å²) in [4.78, 5) is 26.3. The number of ether oxygens (including phenoxy) is 1. The zero-order chi connectivity index (χ0) is 25.0. The molecular weight excluding hydrogens is 468 g/mol. The Hall–Kier alpha value is -3.53. The van der Waals surface area contributed by atoms with Crippen LogP contribution >= 0.6 is 0 Å². The number of aryl methyl sites for hydroxylation is 3. The topological polar surface area (TPSA) is 113 Å². The highest BCUT2D eigenvalue weighted by molar-refractivity contribution is 7.93. The van der Waals surface area contributed by atoms with Crippen molar-refractivity contribution in [1.82, 2.24) is 19.2 Å². The lowest BCUT2D eigenvalue weighted by Gasteiger charge is -2.27. The van der Waals surface area contributed by atoms with Gasteiger partial charge in [-0.05, 0) is 56.0 Å². The molecule has 2 aromatic heterocycles. The van der Waals surface area contributed by atoms with Crippen molar-refractivity contribution in [1.29, 1.82) is 0 Å².